The van der Waals surface area contributed by atoms with Gasteiger partial charge in [-0.05, 0) is 36.1 Å². The number of rotatable bonds is 3. The van der Waals surface area contributed by atoms with E-state index in [1.807, 2.05) is 6.07 Å². The van der Waals surface area contributed by atoms with Crippen molar-refractivity contribution in [1.29, 1.82) is 0 Å². The second-order valence-electron chi connectivity index (χ2n) is 6.80. The molecule has 1 saturated heterocycles. The van der Waals surface area contributed by atoms with Gasteiger partial charge in [-0.25, -0.2) is 0 Å². The van der Waals surface area contributed by atoms with Crippen LogP contribution in [-0.4, -0.2) is 30.2 Å². The lowest BCUT2D eigenvalue weighted by molar-refractivity contribution is -0.0402. The topological polar surface area (TPSA) is 12.5 Å². The summed E-state index contributed by atoms with van der Waals surface area (Å²) >= 11 is 6.47. The van der Waals surface area contributed by atoms with E-state index in [1.165, 1.54) is 22.3 Å². The number of hydrogen-bond donors (Lipinski definition) is 0. The summed E-state index contributed by atoms with van der Waals surface area (Å²) in [6, 6.07) is 17.7. The molecule has 3 heteroatoms. The van der Waals surface area contributed by atoms with Gasteiger partial charge < -0.3 is 4.74 Å². The molecule has 1 fully saturated rings. The van der Waals surface area contributed by atoms with E-state index in [0.29, 0.717) is 12.1 Å². The Morgan fingerprint density at radius 1 is 1.12 bits per heavy atom. The molecule has 2 bridgehead atoms. The zero-order chi connectivity index (χ0) is 16.5. The number of aryl methyl sites for hydroxylation is 1. The molecule has 0 aliphatic carbocycles. The molecule has 2 nitrogen and oxygen atoms in total. The predicted octanol–water partition coefficient (Wildman–Crippen LogP) is 4.71. The minimum Gasteiger partial charge on any atom is -0.378 e. The van der Waals surface area contributed by atoms with Crippen molar-refractivity contribution in [3.8, 4) is 0 Å². The van der Waals surface area contributed by atoms with E-state index in [1.54, 1.807) is 0 Å². The monoisotopic (exact) mass is 339 g/mol. The molecule has 0 radical (unpaired) electrons. The fourth-order valence-electron chi connectivity index (χ4n) is 3.79. The van der Waals surface area contributed by atoms with Crippen LogP contribution in [-0.2, 0) is 11.3 Å². The van der Waals surface area contributed by atoms with E-state index in [9.17, 15) is 0 Å². The lowest BCUT2D eigenvalue weighted by atomic mass is 9.89. The van der Waals surface area contributed by atoms with Crippen LogP contribution in [0.25, 0.3) is 5.57 Å². The average Bonchev–Trinajstić information content (AvgIpc) is 2.58. The van der Waals surface area contributed by atoms with Crippen LogP contribution in [0.4, 0.5) is 0 Å². The first-order chi connectivity index (χ1) is 11.7. The smallest absolute Gasteiger partial charge is 0.0658 e. The highest BCUT2D eigenvalue weighted by atomic mass is 35.5. The molecule has 2 aromatic rings. The van der Waals surface area contributed by atoms with Crippen molar-refractivity contribution in [2.45, 2.75) is 32.0 Å². The molecule has 2 aliphatic rings. The summed E-state index contributed by atoms with van der Waals surface area (Å²) in [6.45, 7) is 4.65. The Labute approximate surface area is 148 Å². The molecule has 2 aromatic carbocycles. The number of morpholine rings is 1. The Balaban J connectivity index is 1.63. The van der Waals surface area contributed by atoms with Gasteiger partial charge >= 0.3 is 0 Å². The predicted molar refractivity (Wildman–Crippen MR) is 99.2 cm³/mol. The van der Waals surface area contributed by atoms with Crippen molar-refractivity contribution in [1.82, 2.24) is 4.90 Å². The van der Waals surface area contributed by atoms with Gasteiger partial charge in [0.15, 0.2) is 0 Å². The summed E-state index contributed by atoms with van der Waals surface area (Å²) in [5.41, 5.74) is 5.17. The zero-order valence-electron chi connectivity index (χ0n) is 13.9. The maximum Gasteiger partial charge on any atom is 0.0658 e. The first-order valence-corrected chi connectivity index (χ1v) is 8.93. The van der Waals surface area contributed by atoms with Crippen LogP contribution in [0, 0.1) is 6.92 Å². The lowest BCUT2D eigenvalue weighted by Crippen LogP contribution is -2.53. The number of hydrogen-bond acceptors (Lipinski definition) is 2. The highest BCUT2D eigenvalue weighted by molar-refractivity contribution is 6.32. The van der Waals surface area contributed by atoms with Gasteiger partial charge in [-0.3, -0.25) is 4.90 Å². The van der Waals surface area contributed by atoms with E-state index in [2.05, 4.69) is 60.4 Å². The largest absolute Gasteiger partial charge is 0.378 e. The Morgan fingerprint density at radius 3 is 2.75 bits per heavy atom. The van der Waals surface area contributed by atoms with Crippen molar-refractivity contribution >= 4 is 17.2 Å². The van der Waals surface area contributed by atoms with Crippen molar-refractivity contribution in [3.63, 3.8) is 0 Å². The molecule has 4 rings (SSSR count). The summed E-state index contributed by atoms with van der Waals surface area (Å²) in [5.74, 6) is 0. The quantitative estimate of drug-likeness (QED) is 0.803. The van der Waals surface area contributed by atoms with Crippen LogP contribution in [0.15, 0.2) is 54.6 Å². The minimum absolute atomic E-state index is 0.323. The number of fused-ring (bicyclic) bond motifs is 2. The van der Waals surface area contributed by atoms with Crippen LogP contribution in [0.5, 0.6) is 0 Å². The third-order valence-corrected chi connectivity index (χ3v) is 5.35. The molecule has 0 aromatic heterocycles. The molecule has 2 atom stereocenters. The molecule has 0 saturated carbocycles. The van der Waals surface area contributed by atoms with E-state index in [4.69, 9.17) is 16.3 Å². The Bertz CT molecular complexity index is 756. The van der Waals surface area contributed by atoms with E-state index in [-0.39, 0.29) is 0 Å². The Kier molecular flexibility index (Phi) is 4.45. The molecule has 0 spiro atoms. The highest BCUT2D eigenvalue weighted by Gasteiger charge is 2.35. The molecule has 0 N–H and O–H groups in total. The van der Waals surface area contributed by atoms with E-state index in [0.717, 1.165) is 31.2 Å². The number of ether oxygens (including phenoxy) is 1. The Morgan fingerprint density at radius 2 is 1.96 bits per heavy atom. The number of nitrogens with zero attached hydrogens (tertiary/aromatic N) is 1. The number of halogens is 1. The van der Waals surface area contributed by atoms with Crippen LogP contribution in [0.2, 0.25) is 5.02 Å². The second kappa shape index (κ2) is 6.72. The fourth-order valence-corrected chi connectivity index (χ4v) is 4.03. The zero-order valence-corrected chi connectivity index (χ0v) is 14.7. The maximum absolute atomic E-state index is 6.47. The molecular formula is C21H22ClNO. The Hall–Kier alpha value is -1.61. The third kappa shape index (κ3) is 3.14. The van der Waals surface area contributed by atoms with Gasteiger partial charge in [0.25, 0.3) is 0 Å². The summed E-state index contributed by atoms with van der Waals surface area (Å²) in [6.07, 6.45) is 3.35. The summed E-state index contributed by atoms with van der Waals surface area (Å²) in [7, 11) is 0. The van der Waals surface area contributed by atoms with Gasteiger partial charge in [0.05, 0.1) is 19.3 Å². The van der Waals surface area contributed by atoms with Crippen molar-refractivity contribution in [2.75, 3.05) is 13.2 Å². The maximum atomic E-state index is 6.47. The third-order valence-electron chi connectivity index (χ3n) is 5.02. The van der Waals surface area contributed by atoms with Crippen molar-refractivity contribution in [3.05, 3.63) is 76.3 Å². The second-order valence-corrected chi connectivity index (χ2v) is 7.20. The molecule has 24 heavy (non-hydrogen) atoms. The molecule has 2 unspecified atom stereocenters. The highest BCUT2D eigenvalue weighted by Crippen LogP contribution is 2.36. The van der Waals surface area contributed by atoms with Crippen LogP contribution < -0.4 is 0 Å². The van der Waals surface area contributed by atoms with Gasteiger partial charge in [0, 0.05) is 17.6 Å². The van der Waals surface area contributed by atoms with Gasteiger partial charge in [0.1, 0.15) is 0 Å². The lowest BCUT2D eigenvalue weighted by Gasteiger charge is -2.45. The minimum atomic E-state index is 0.323. The molecule has 2 heterocycles. The van der Waals surface area contributed by atoms with E-state index >= 15 is 0 Å². The molecule has 2 aliphatic heterocycles. The van der Waals surface area contributed by atoms with Gasteiger partial charge in [0.2, 0.25) is 0 Å². The van der Waals surface area contributed by atoms with Crippen LogP contribution in [0.3, 0.4) is 0 Å². The summed E-state index contributed by atoms with van der Waals surface area (Å²) in [4.78, 5) is 2.58. The van der Waals surface area contributed by atoms with Crippen molar-refractivity contribution in [2.24, 2.45) is 0 Å². The SMILES string of the molecule is Cc1ccc(Cl)c(C2=CC3COCC(C2)N3Cc2ccccc2)c1. The van der Waals surface area contributed by atoms with Crippen LogP contribution >= 0.6 is 11.6 Å². The first-order valence-electron chi connectivity index (χ1n) is 8.55. The normalized spacial score (nSPS) is 23.8. The van der Waals surface area contributed by atoms with E-state index < -0.39 is 0 Å². The van der Waals surface area contributed by atoms with Gasteiger partial charge in [-0.1, -0.05) is 65.7 Å². The summed E-state index contributed by atoms with van der Waals surface area (Å²) < 4.78 is 5.82. The fraction of sp³-hybridized carbons (Fsp3) is 0.333. The molecular weight excluding hydrogens is 318 g/mol. The molecule has 0 amide bonds. The van der Waals surface area contributed by atoms with Gasteiger partial charge in [-0.15, -0.1) is 0 Å². The molecule has 124 valence electrons. The summed E-state index contributed by atoms with van der Waals surface area (Å²) in [5, 5.41) is 0.849. The average molecular weight is 340 g/mol. The van der Waals surface area contributed by atoms with Crippen LogP contribution in [0.1, 0.15) is 23.1 Å². The standard InChI is InChI=1S/C21H22ClNO/c1-15-7-8-21(22)20(9-15)17-10-18-13-24-14-19(11-17)23(18)12-16-5-3-2-4-6-16/h2-10,18-19H,11-14H2,1H3. The van der Waals surface area contributed by atoms with Gasteiger partial charge in [-0.2, -0.15) is 0 Å². The first kappa shape index (κ1) is 15.9. The number of benzene rings is 2. The van der Waals surface area contributed by atoms with Crippen molar-refractivity contribution < 1.29 is 4.74 Å².